The molecule has 2 aromatic rings. The Hall–Kier alpha value is -2.59. The second-order valence-electron chi connectivity index (χ2n) is 5.92. The number of aromatic amines is 1. The SMILES string of the molecule is CCCCc1nc(-c2cc(C(C)CC(=O)O)nc(N)c2C#N)c(Cl)[nH]1. The smallest absolute Gasteiger partial charge is 0.304 e. The lowest BCUT2D eigenvalue weighted by Crippen LogP contribution is -2.08. The van der Waals surface area contributed by atoms with Gasteiger partial charge in [0.05, 0.1) is 6.42 Å². The normalized spacial score (nSPS) is 11.9. The molecule has 2 aromatic heterocycles. The highest BCUT2D eigenvalue weighted by molar-refractivity contribution is 6.32. The Balaban J connectivity index is 2.52. The maximum atomic E-state index is 11.0. The Labute approximate surface area is 150 Å². The first-order valence-corrected chi connectivity index (χ1v) is 8.42. The van der Waals surface area contributed by atoms with Gasteiger partial charge in [-0.15, -0.1) is 0 Å². The number of halogens is 1. The number of carboxylic acid groups (broad SMARTS) is 1. The zero-order valence-electron chi connectivity index (χ0n) is 14.1. The number of pyridine rings is 1. The van der Waals surface area contributed by atoms with Gasteiger partial charge in [-0.05, 0) is 12.5 Å². The molecule has 2 heterocycles. The average molecular weight is 362 g/mol. The molecule has 0 aliphatic rings. The topological polar surface area (TPSA) is 129 Å². The van der Waals surface area contributed by atoms with Crippen molar-refractivity contribution in [2.45, 2.75) is 45.4 Å². The van der Waals surface area contributed by atoms with Crippen LogP contribution in [-0.4, -0.2) is 26.0 Å². The highest BCUT2D eigenvalue weighted by Crippen LogP contribution is 2.33. The number of H-pyrrole nitrogens is 1. The van der Waals surface area contributed by atoms with Crippen molar-refractivity contribution >= 4 is 23.4 Å². The van der Waals surface area contributed by atoms with Crippen LogP contribution in [0.4, 0.5) is 5.82 Å². The second-order valence-corrected chi connectivity index (χ2v) is 6.29. The van der Waals surface area contributed by atoms with E-state index in [0.717, 1.165) is 25.1 Å². The number of nitriles is 1. The number of carbonyl (C=O) groups is 1. The molecule has 0 saturated heterocycles. The molecular weight excluding hydrogens is 342 g/mol. The summed E-state index contributed by atoms with van der Waals surface area (Å²) in [5, 5.41) is 18.7. The number of nitrogens with zero attached hydrogens (tertiary/aromatic N) is 3. The van der Waals surface area contributed by atoms with Crippen LogP contribution in [0.1, 0.15) is 56.1 Å². The summed E-state index contributed by atoms with van der Waals surface area (Å²) in [6, 6.07) is 3.68. The predicted octanol–water partition coefficient (Wildman–Crippen LogP) is 3.50. The van der Waals surface area contributed by atoms with Gasteiger partial charge in [-0.3, -0.25) is 4.79 Å². The van der Waals surface area contributed by atoms with Crippen LogP contribution in [0.3, 0.4) is 0 Å². The van der Waals surface area contributed by atoms with Gasteiger partial charge in [0.1, 0.15) is 34.1 Å². The van der Waals surface area contributed by atoms with E-state index < -0.39 is 5.97 Å². The fourth-order valence-electron chi connectivity index (χ4n) is 2.55. The molecule has 4 N–H and O–H groups in total. The van der Waals surface area contributed by atoms with Crippen LogP contribution in [0.2, 0.25) is 5.15 Å². The van der Waals surface area contributed by atoms with E-state index in [1.165, 1.54) is 0 Å². The van der Waals surface area contributed by atoms with E-state index in [-0.39, 0.29) is 23.7 Å². The van der Waals surface area contributed by atoms with Gasteiger partial charge in [0.15, 0.2) is 0 Å². The number of unbranched alkanes of at least 4 members (excludes halogenated alkanes) is 1. The average Bonchev–Trinajstić information content (AvgIpc) is 2.92. The molecule has 0 spiro atoms. The van der Waals surface area contributed by atoms with Gasteiger partial charge in [0.2, 0.25) is 0 Å². The summed E-state index contributed by atoms with van der Waals surface area (Å²) in [7, 11) is 0. The summed E-state index contributed by atoms with van der Waals surface area (Å²) in [5.74, 6) is -0.510. The zero-order chi connectivity index (χ0) is 18.6. The van der Waals surface area contributed by atoms with Crippen molar-refractivity contribution in [1.29, 1.82) is 5.26 Å². The van der Waals surface area contributed by atoms with Gasteiger partial charge < -0.3 is 15.8 Å². The Morgan fingerprint density at radius 2 is 2.24 bits per heavy atom. The zero-order valence-corrected chi connectivity index (χ0v) is 14.9. The highest BCUT2D eigenvalue weighted by atomic mass is 35.5. The number of aryl methyl sites for hydroxylation is 1. The fraction of sp³-hybridized carbons (Fsp3) is 0.412. The van der Waals surface area contributed by atoms with Gasteiger partial charge in [-0.1, -0.05) is 31.9 Å². The monoisotopic (exact) mass is 361 g/mol. The number of imidazole rings is 1. The maximum absolute atomic E-state index is 11.0. The second kappa shape index (κ2) is 7.99. The molecule has 0 bridgehead atoms. The number of aliphatic carboxylic acids is 1. The van der Waals surface area contributed by atoms with Crippen LogP contribution >= 0.6 is 11.6 Å². The first-order valence-electron chi connectivity index (χ1n) is 8.04. The minimum Gasteiger partial charge on any atom is -0.481 e. The van der Waals surface area contributed by atoms with Crippen molar-refractivity contribution in [3.63, 3.8) is 0 Å². The molecule has 0 saturated carbocycles. The van der Waals surface area contributed by atoms with Crippen molar-refractivity contribution in [2.75, 3.05) is 5.73 Å². The molecule has 25 heavy (non-hydrogen) atoms. The van der Waals surface area contributed by atoms with Crippen LogP contribution in [0.25, 0.3) is 11.3 Å². The number of anilines is 1. The lowest BCUT2D eigenvalue weighted by Gasteiger charge is -2.12. The molecule has 7 nitrogen and oxygen atoms in total. The van der Waals surface area contributed by atoms with E-state index in [2.05, 4.69) is 21.9 Å². The number of nitrogens with one attached hydrogen (secondary N) is 1. The molecule has 0 fully saturated rings. The quantitative estimate of drug-likeness (QED) is 0.692. The minimum atomic E-state index is -0.932. The van der Waals surface area contributed by atoms with Crippen molar-refractivity contribution in [1.82, 2.24) is 15.0 Å². The lowest BCUT2D eigenvalue weighted by atomic mass is 9.98. The summed E-state index contributed by atoms with van der Waals surface area (Å²) >= 11 is 6.27. The first kappa shape index (κ1) is 18.7. The van der Waals surface area contributed by atoms with E-state index >= 15 is 0 Å². The molecule has 0 aliphatic carbocycles. The third-order valence-electron chi connectivity index (χ3n) is 3.90. The van der Waals surface area contributed by atoms with Crippen LogP contribution < -0.4 is 5.73 Å². The Bertz CT molecular complexity index is 825. The Morgan fingerprint density at radius 3 is 2.84 bits per heavy atom. The molecule has 132 valence electrons. The third kappa shape index (κ3) is 4.28. The number of rotatable bonds is 7. The summed E-state index contributed by atoms with van der Waals surface area (Å²) < 4.78 is 0. The molecule has 1 unspecified atom stereocenters. The number of hydrogen-bond donors (Lipinski definition) is 3. The Morgan fingerprint density at radius 1 is 1.52 bits per heavy atom. The summed E-state index contributed by atoms with van der Waals surface area (Å²) in [6.07, 6.45) is 2.65. The standard InChI is InChI=1S/C17H20ClN5O2/c1-3-4-5-13-22-15(16(18)23-13)10-7-12(9(2)6-14(24)25)21-17(20)11(10)8-19/h7,9H,3-6H2,1-2H3,(H2,20,21)(H,22,23)(H,24,25). The molecule has 8 heteroatoms. The van der Waals surface area contributed by atoms with Crippen molar-refractivity contribution < 1.29 is 9.90 Å². The summed E-state index contributed by atoms with van der Waals surface area (Å²) in [6.45, 7) is 3.82. The van der Waals surface area contributed by atoms with Crippen LogP contribution in [0, 0.1) is 11.3 Å². The first-order chi connectivity index (χ1) is 11.9. The van der Waals surface area contributed by atoms with E-state index in [0.29, 0.717) is 22.1 Å². The van der Waals surface area contributed by atoms with E-state index in [1.807, 2.05) is 6.07 Å². The van der Waals surface area contributed by atoms with Crippen molar-refractivity contribution in [2.24, 2.45) is 0 Å². The van der Waals surface area contributed by atoms with Gasteiger partial charge in [-0.25, -0.2) is 9.97 Å². The van der Waals surface area contributed by atoms with Crippen LogP contribution in [0.5, 0.6) is 0 Å². The Kier molecular flexibility index (Phi) is 5.99. The minimum absolute atomic E-state index is 0.0430. The maximum Gasteiger partial charge on any atom is 0.304 e. The third-order valence-corrected chi connectivity index (χ3v) is 4.17. The van der Waals surface area contributed by atoms with E-state index in [1.54, 1.807) is 13.0 Å². The van der Waals surface area contributed by atoms with Crippen LogP contribution in [-0.2, 0) is 11.2 Å². The number of nitrogens with two attached hydrogens (primary N) is 1. The molecule has 2 rings (SSSR count). The number of nitrogen functional groups attached to an aromatic ring is 1. The lowest BCUT2D eigenvalue weighted by molar-refractivity contribution is -0.137. The predicted molar refractivity (Wildman–Crippen MR) is 95.2 cm³/mol. The largest absolute Gasteiger partial charge is 0.481 e. The number of aromatic nitrogens is 3. The molecule has 0 aliphatic heterocycles. The summed E-state index contributed by atoms with van der Waals surface area (Å²) in [4.78, 5) is 22.6. The summed E-state index contributed by atoms with van der Waals surface area (Å²) in [5.41, 5.74) is 7.48. The van der Waals surface area contributed by atoms with Gasteiger partial charge in [0, 0.05) is 23.6 Å². The number of carboxylic acids is 1. The van der Waals surface area contributed by atoms with Gasteiger partial charge in [-0.2, -0.15) is 5.26 Å². The van der Waals surface area contributed by atoms with E-state index in [4.69, 9.17) is 22.4 Å². The van der Waals surface area contributed by atoms with Gasteiger partial charge >= 0.3 is 5.97 Å². The molecule has 0 amide bonds. The van der Waals surface area contributed by atoms with Crippen molar-refractivity contribution in [3.8, 4) is 17.3 Å². The van der Waals surface area contributed by atoms with E-state index in [9.17, 15) is 10.1 Å². The van der Waals surface area contributed by atoms with Crippen LogP contribution in [0.15, 0.2) is 6.07 Å². The molecular formula is C17H20ClN5O2. The molecule has 0 aromatic carbocycles. The fourth-order valence-corrected chi connectivity index (χ4v) is 2.80. The molecule has 1 atom stereocenters. The highest BCUT2D eigenvalue weighted by Gasteiger charge is 2.21. The van der Waals surface area contributed by atoms with Gasteiger partial charge in [0.25, 0.3) is 0 Å². The number of hydrogen-bond acceptors (Lipinski definition) is 5. The molecule has 0 radical (unpaired) electrons. The van der Waals surface area contributed by atoms with Crippen molar-refractivity contribution in [3.05, 3.63) is 28.3 Å².